The topological polar surface area (TPSA) is 264 Å². The van der Waals surface area contributed by atoms with Gasteiger partial charge in [0.05, 0.1) is 36.8 Å². The minimum Gasteiger partial charge on any atom is -0.400 e. The van der Waals surface area contributed by atoms with Crippen LogP contribution in [0.25, 0.3) is 0 Å². The summed E-state index contributed by atoms with van der Waals surface area (Å²) in [5, 5.41) is 37.0. The van der Waals surface area contributed by atoms with Crippen molar-refractivity contribution in [3.63, 3.8) is 0 Å². The van der Waals surface area contributed by atoms with Gasteiger partial charge in [0.25, 0.3) is 17.8 Å². The van der Waals surface area contributed by atoms with Crippen molar-refractivity contribution >= 4 is 0 Å². The monoisotopic (exact) mass is 444 g/mol. The van der Waals surface area contributed by atoms with Crippen LogP contribution >= 0.6 is 0 Å². The maximum atomic E-state index is 10.1. The first-order chi connectivity index (χ1) is 13.2. The van der Waals surface area contributed by atoms with Crippen molar-refractivity contribution in [2.45, 2.75) is 31.6 Å². The van der Waals surface area contributed by atoms with E-state index in [1.54, 1.807) is 0 Å². The van der Waals surface area contributed by atoms with Gasteiger partial charge in [0.15, 0.2) is 0 Å². The fourth-order valence-corrected chi connectivity index (χ4v) is 2.06. The molecule has 0 bridgehead atoms. The van der Waals surface area contributed by atoms with Gasteiger partial charge in [-0.05, 0) is 0 Å². The van der Waals surface area contributed by atoms with Crippen molar-refractivity contribution in [1.29, 1.82) is 0 Å². The summed E-state index contributed by atoms with van der Waals surface area (Å²) in [4.78, 5) is 28.8. The molecule has 30 heavy (non-hydrogen) atoms. The van der Waals surface area contributed by atoms with Gasteiger partial charge in [-0.1, -0.05) is 7.43 Å². The van der Waals surface area contributed by atoms with Crippen molar-refractivity contribution in [3.8, 4) is 0 Å². The molecular formula is C14H32N6O10. The highest BCUT2D eigenvalue weighted by Crippen LogP contribution is 2.06. The summed E-state index contributed by atoms with van der Waals surface area (Å²) in [7, 11) is 1.00. The summed E-state index contributed by atoms with van der Waals surface area (Å²) in [6, 6.07) is -2.21. The molecule has 3 rings (SSSR count). The summed E-state index contributed by atoms with van der Waals surface area (Å²) in [5.74, 6) is 0. The molecule has 0 aromatic rings. The van der Waals surface area contributed by atoms with Gasteiger partial charge >= 0.3 is 0 Å². The third kappa shape index (κ3) is 11.6. The molecule has 0 aromatic heterocycles. The number of hydrogen-bond acceptors (Lipinski definition) is 13. The van der Waals surface area contributed by atoms with Crippen molar-refractivity contribution in [1.82, 2.24) is 6.15 Å². The Morgan fingerprint density at radius 1 is 0.900 bits per heavy atom. The molecule has 3 heterocycles. The molecule has 0 amide bonds. The van der Waals surface area contributed by atoms with Crippen molar-refractivity contribution in [3.05, 3.63) is 42.1 Å². The highest BCUT2D eigenvalue weighted by Gasteiger charge is 2.35. The van der Waals surface area contributed by atoms with Crippen LogP contribution in [0, 0.1) is 30.3 Å². The molecule has 2 saturated heterocycles. The molecule has 3 aliphatic heterocycles. The van der Waals surface area contributed by atoms with E-state index in [-0.39, 0.29) is 39.1 Å². The Morgan fingerprint density at radius 2 is 1.30 bits per heavy atom. The Balaban J connectivity index is -0.000000339. The molecule has 8 N–H and O–H groups in total. The third-order valence-electron chi connectivity index (χ3n) is 3.65. The second kappa shape index (κ2) is 17.5. The lowest BCUT2D eigenvalue weighted by molar-refractivity contribution is -0.521. The highest BCUT2D eigenvalue weighted by atomic mass is 16.6. The Morgan fingerprint density at radius 3 is 1.43 bits per heavy atom. The van der Waals surface area contributed by atoms with E-state index in [2.05, 4.69) is 4.74 Å². The lowest BCUT2D eigenvalue weighted by Crippen LogP contribution is -2.38. The van der Waals surface area contributed by atoms with Gasteiger partial charge in [-0.2, -0.15) is 0 Å². The normalized spacial score (nSPS) is 25.9. The number of hydrogen-bond donors (Lipinski definition) is 4. The van der Waals surface area contributed by atoms with Crippen LogP contribution in [-0.2, 0) is 14.2 Å². The summed E-state index contributed by atoms with van der Waals surface area (Å²) < 4.78 is 14.2. The highest BCUT2D eigenvalue weighted by molar-refractivity contribution is 4.96. The van der Waals surface area contributed by atoms with Crippen LogP contribution in [0.3, 0.4) is 0 Å². The first-order valence-corrected chi connectivity index (χ1v) is 8.03. The van der Waals surface area contributed by atoms with E-state index in [0.717, 1.165) is 7.11 Å². The van der Waals surface area contributed by atoms with Gasteiger partial charge in [-0.3, -0.25) is 30.3 Å². The Labute approximate surface area is 173 Å². The van der Waals surface area contributed by atoms with Crippen molar-refractivity contribution in [2.75, 3.05) is 46.8 Å². The molecular weight excluding hydrogens is 412 g/mol. The SMILES string of the molecule is C.CO.N.NC1COCC1[N+](=O)[O-].NC1COCC1[N+](=O)[O-].O=[N+]([O-])C1=CCOC1. The lowest BCUT2D eigenvalue weighted by Gasteiger charge is -2.01. The number of nitrogens with zero attached hydrogens (tertiary/aromatic N) is 3. The lowest BCUT2D eigenvalue weighted by atomic mass is 10.2. The number of aliphatic hydroxyl groups excluding tert-OH is 1. The Kier molecular flexibility index (Phi) is 18.9. The van der Waals surface area contributed by atoms with Gasteiger partial charge in [0.1, 0.15) is 19.8 Å². The summed E-state index contributed by atoms with van der Waals surface area (Å²) in [6.45, 7) is 1.49. The molecule has 0 saturated carbocycles. The summed E-state index contributed by atoms with van der Waals surface area (Å²) in [5.41, 5.74) is 10.8. The first-order valence-electron chi connectivity index (χ1n) is 8.03. The zero-order valence-electron chi connectivity index (χ0n) is 16.0. The zero-order chi connectivity index (χ0) is 21.7. The summed E-state index contributed by atoms with van der Waals surface area (Å²) >= 11 is 0. The van der Waals surface area contributed by atoms with Crippen LogP contribution in [0.5, 0.6) is 0 Å². The minimum absolute atomic E-state index is 0. The van der Waals surface area contributed by atoms with Crippen LogP contribution in [0.1, 0.15) is 7.43 Å². The summed E-state index contributed by atoms with van der Waals surface area (Å²) in [6.07, 6.45) is 1.47. The van der Waals surface area contributed by atoms with E-state index in [9.17, 15) is 30.3 Å². The minimum atomic E-state index is -0.690. The third-order valence-corrected chi connectivity index (χ3v) is 3.65. The number of aliphatic hydroxyl groups is 1. The zero-order valence-corrected chi connectivity index (χ0v) is 16.0. The molecule has 0 spiro atoms. The van der Waals surface area contributed by atoms with Gasteiger partial charge in [0.2, 0.25) is 0 Å². The molecule has 16 nitrogen and oxygen atoms in total. The maximum Gasteiger partial charge on any atom is 0.270 e. The average Bonchev–Trinajstić information content (AvgIpc) is 3.38. The first kappa shape index (κ1) is 32.3. The maximum absolute atomic E-state index is 10.1. The molecule has 0 radical (unpaired) electrons. The Bertz CT molecular complexity index is 519. The van der Waals surface area contributed by atoms with E-state index in [4.69, 9.17) is 26.0 Å². The second-order valence-corrected chi connectivity index (χ2v) is 5.58. The van der Waals surface area contributed by atoms with Crippen LogP contribution in [-0.4, -0.2) is 90.8 Å². The van der Waals surface area contributed by atoms with E-state index in [0.29, 0.717) is 19.8 Å². The van der Waals surface area contributed by atoms with E-state index in [1.807, 2.05) is 0 Å². The molecule has 4 unspecified atom stereocenters. The molecule has 16 heteroatoms. The standard InChI is InChI=1S/2C4H8N2O3.C4H5NO3.CH4O.CH4.H3N/c2*5-3-1-9-2-4(3)6(7)8;6-5(7)4-1-2-8-3-4;1-2;;/h2*3-4H,1-2,5H2;1H,2-3H2;2H,1H3;1H4;1H3. The van der Waals surface area contributed by atoms with Crippen LogP contribution in [0.2, 0.25) is 0 Å². The van der Waals surface area contributed by atoms with E-state index >= 15 is 0 Å². The van der Waals surface area contributed by atoms with Gasteiger partial charge in [0, 0.05) is 23.0 Å². The van der Waals surface area contributed by atoms with E-state index in [1.165, 1.54) is 6.08 Å². The van der Waals surface area contributed by atoms with E-state index < -0.39 is 38.9 Å². The quantitative estimate of drug-likeness (QED) is 0.287. The number of nitrogens with two attached hydrogens (primary N) is 2. The fraction of sp³-hybridized carbons (Fsp3) is 0.857. The largest absolute Gasteiger partial charge is 0.400 e. The van der Waals surface area contributed by atoms with Gasteiger partial charge < -0.3 is 36.9 Å². The molecule has 0 aliphatic carbocycles. The molecule has 3 aliphatic rings. The number of nitro groups is 3. The van der Waals surface area contributed by atoms with Gasteiger partial charge in [-0.15, -0.1) is 0 Å². The van der Waals surface area contributed by atoms with Crippen molar-refractivity contribution < 1.29 is 34.1 Å². The number of ether oxygens (including phenoxy) is 3. The van der Waals surface area contributed by atoms with Crippen LogP contribution in [0.4, 0.5) is 0 Å². The number of rotatable bonds is 3. The Hall–Kier alpha value is -2.34. The van der Waals surface area contributed by atoms with Crippen LogP contribution in [0.15, 0.2) is 11.8 Å². The van der Waals surface area contributed by atoms with Crippen molar-refractivity contribution in [2.24, 2.45) is 11.5 Å². The molecule has 178 valence electrons. The van der Waals surface area contributed by atoms with Crippen LogP contribution < -0.4 is 17.6 Å². The average molecular weight is 444 g/mol. The van der Waals surface area contributed by atoms with Gasteiger partial charge in [-0.25, -0.2) is 0 Å². The molecule has 2 fully saturated rings. The fourth-order valence-electron chi connectivity index (χ4n) is 2.06. The molecule has 4 atom stereocenters. The molecule has 0 aromatic carbocycles. The predicted octanol–water partition coefficient (Wildman–Crippen LogP) is -1.44. The smallest absolute Gasteiger partial charge is 0.270 e. The second-order valence-electron chi connectivity index (χ2n) is 5.58. The predicted molar refractivity (Wildman–Crippen MR) is 105 cm³/mol.